The van der Waals surface area contributed by atoms with Gasteiger partial charge in [0.1, 0.15) is 18.3 Å². The highest BCUT2D eigenvalue weighted by Crippen LogP contribution is 2.23. The molecule has 0 aromatic heterocycles. The summed E-state index contributed by atoms with van der Waals surface area (Å²) < 4.78 is 32.4. The van der Waals surface area contributed by atoms with E-state index in [4.69, 9.17) is 4.74 Å². The van der Waals surface area contributed by atoms with Crippen molar-refractivity contribution < 1.29 is 22.7 Å². The molecule has 41 heavy (non-hydrogen) atoms. The molecule has 0 unspecified atom stereocenters. The molecule has 3 aromatic rings. The van der Waals surface area contributed by atoms with Crippen molar-refractivity contribution in [2.24, 2.45) is 0 Å². The molecule has 8 nitrogen and oxygen atoms in total. The van der Waals surface area contributed by atoms with E-state index in [9.17, 15) is 18.0 Å². The molecule has 0 fully saturated rings. The molecular weight excluding hydrogens is 538 g/mol. The minimum absolute atomic E-state index is 0.0898. The summed E-state index contributed by atoms with van der Waals surface area (Å²) in [4.78, 5) is 29.4. The zero-order valence-electron chi connectivity index (χ0n) is 24.5. The number of aryl methyl sites for hydroxylation is 1. The van der Waals surface area contributed by atoms with Gasteiger partial charge in [-0.15, -0.1) is 0 Å². The van der Waals surface area contributed by atoms with Gasteiger partial charge in [-0.3, -0.25) is 13.9 Å². The fourth-order valence-corrected chi connectivity index (χ4v) is 5.34. The number of sulfonamides is 1. The molecule has 0 radical (unpaired) electrons. The average Bonchev–Trinajstić information content (AvgIpc) is 2.94. The average molecular weight is 580 g/mol. The first-order valence-corrected chi connectivity index (χ1v) is 15.8. The molecule has 0 heterocycles. The smallest absolute Gasteiger partial charge is 0.244 e. The van der Waals surface area contributed by atoms with Gasteiger partial charge < -0.3 is 15.0 Å². The number of hydrogen-bond acceptors (Lipinski definition) is 5. The quantitative estimate of drug-likeness (QED) is 0.298. The monoisotopic (exact) mass is 579 g/mol. The number of benzene rings is 3. The minimum atomic E-state index is -3.83. The number of rotatable bonds is 14. The van der Waals surface area contributed by atoms with Crippen LogP contribution >= 0.6 is 0 Å². The van der Waals surface area contributed by atoms with E-state index >= 15 is 0 Å². The topological polar surface area (TPSA) is 96.0 Å². The van der Waals surface area contributed by atoms with Gasteiger partial charge in [0.2, 0.25) is 21.8 Å². The summed E-state index contributed by atoms with van der Waals surface area (Å²) in [5.74, 6) is -0.163. The SMILES string of the molecule is CCOc1ccc(N(CC(=O)N(Cc2cccc(C)c2)[C@@H](Cc2ccccc2)C(=O)N[C@@H](C)CC)S(C)(=O)=O)cc1. The van der Waals surface area contributed by atoms with Gasteiger partial charge in [-0.05, 0) is 62.6 Å². The fraction of sp³-hybridized carbons (Fsp3) is 0.375. The Kier molecular flexibility index (Phi) is 11.3. The van der Waals surface area contributed by atoms with E-state index in [1.807, 2.05) is 82.3 Å². The highest BCUT2D eigenvalue weighted by atomic mass is 32.2. The molecule has 2 atom stereocenters. The lowest BCUT2D eigenvalue weighted by molar-refractivity contribution is -0.140. The van der Waals surface area contributed by atoms with Crippen LogP contribution in [0.15, 0.2) is 78.9 Å². The fourth-order valence-electron chi connectivity index (χ4n) is 4.49. The van der Waals surface area contributed by atoms with Crippen molar-refractivity contribution in [2.45, 2.75) is 59.2 Å². The Hall–Kier alpha value is -3.85. The molecule has 0 aliphatic carbocycles. The van der Waals surface area contributed by atoms with Crippen molar-refractivity contribution in [3.63, 3.8) is 0 Å². The maximum atomic E-state index is 14.1. The van der Waals surface area contributed by atoms with Crippen LogP contribution in [0.4, 0.5) is 5.69 Å². The summed E-state index contributed by atoms with van der Waals surface area (Å²) in [6, 6.07) is 22.9. The van der Waals surface area contributed by atoms with E-state index in [0.29, 0.717) is 18.0 Å². The Morgan fingerprint density at radius 2 is 1.59 bits per heavy atom. The number of carbonyl (C=O) groups excluding carboxylic acids is 2. The summed E-state index contributed by atoms with van der Waals surface area (Å²) in [7, 11) is -3.83. The predicted molar refractivity (Wildman–Crippen MR) is 163 cm³/mol. The highest BCUT2D eigenvalue weighted by molar-refractivity contribution is 7.92. The Labute approximate surface area is 244 Å². The molecule has 3 rings (SSSR count). The second kappa shape index (κ2) is 14.7. The van der Waals surface area contributed by atoms with Crippen LogP contribution < -0.4 is 14.4 Å². The Balaban J connectivity index is 2.04. The predicted octanol–water partition coefficient (Wildman–Crippen LogP) is 4.71. The summed E-state index contributed by atoms with van der Waals surface area (Å²) >= 11 is 0. The first-order chi connectivity index (χ1) is 19.5. The molecule has 220 valence electrons. The third kappa shape index (κ3) is 9.35. The molecule has 0 aliphatic heterocycles. The standard InChI is InChI=1S/C32H41N3O5S/c1-6-25(4)33-32(37)30(21-26-13-9-8-10-14-26)34(22-27-15-11-12-24(3)20-27)31(36)23-35(41(5,38)39)28-16-18-29(19-17-28)40-7-2/h8-20,25,30H,6-7,21-23H2,1-5H3,(H,33,37)/t25-,30-/m0/s1. The molecular formula is C32H41N3O5S. The molecule has 3 aromatic carbocycles. The van der Waals surface area contributed by atoms with Gasteiger partial charge in [-0.2, -0.15) is 0 Å². The van der Waals surface area contributed by atoms with E-state index in [1.54, 1.807) is 24.3 Å². The van der Waals surface area contributed by atoms with E-state index in [2.05, 4.69) is 5.32 Å². The van der Waals surface area contributed by atoms with Crippen molar-refractivity contribution >= 4 is 27.5 Å². The first kappa shape index (κ1) is 31.7. The minimum Gasteiger partial charge on any atom is -0.494 e. The van der Waals surface area contributed by atoms with Gasteiger partial charge in [-0.1, -0.05) is 67.1 Å². The number of carbonyl (C=O) groups is 2. The van der Waals surface area contributed by atoms with Crippen LogP contribution in [0, 0.1) is 6.92 Å². The van der Waals surface area contributed by atoms with Crippen LogP contribution in [0.5, 0.6) is 5.75 Å². The van der Waals surface area contributed by atoms with Gasteiger partial charge in [0, 0.05) is 19.0 Å². The van der Waals surface area contributed by atoms with E-state index < -0.39 is 28.5 Å². The van der Waals surface area contributed by atoms with E-state index in [0.717, 1.165) is 33.7 Å². The van der Waals surface area contributed by atoms with E-state index in [-0.39, 0.29) is 24.9 Å². The van der Waals surface area contributed by atoms with Gasteiger partial charge in [0.05, 0.1) is 18.6 Å². The molecule has 0 aliphatic rings. The van der Waals surface area contributed by atoms with Crippen molar-refractivity contribution in [3.05, 3.63) is 95.6 Å². The second-order valence-corrected chi connectivity index (χ2v) is 12.1. The lowest BCUT2D eigenvalue weighted by atomic mass is 10.0. The maximum absolute atomic E-state index is 14.1. The molecule has 0 spiro atoms. The normalized spacial score (nSPS) is 12.7. The largest absolute Gasteiger partial charge is 0.494 e. The van der Waals surface area contributed by atoms with Crippen molar-refractivity contribution in [2.75, 3.05) is 23.7 Å². The number of anilines is 1. The van der Waals surface area contributed by atoms with Gasteiger partial charge in [-0.25, -0.2) is 8.42 Å². The van der Waals surface area contributed by atoms with Crippen LogP contribution in [0.2, 0.25) is 0 Å². The molecule has 0 bridgehead atoms. The number of nitrogens with zero attached hydrogens (tertiary/aromatic N) is 2. The number of amides is 2. The number of ether oxygens (including phenoxy) is 1. The summed E-state index contributed by atoms with van der Waals surface area (Å²) in [5.41, 5.74) is 3.10. The van der Waals surface area contributed by atoms with Crippen molar-refractivity contribution in [1.82, 2.24) is 10.2 Å². The zero-order valence-corrected chi connectivity index (χ0v) is 25.4. The summed E-state index contributed by atoms with van der Waals surface area (Å²) in [5, 5.41) is 3.04. The van der Waals surface area contributed by atoms with Crippen LogP contribution in [-0.2, 0) is 32.6 Å². The van der Waals surface area contributed by atoms with Gasteiger partial charge in [0.25, 0.3) is 0 Å². The first-order valence-electron chi connectivity index (χ1n) is 13.9. The Morgan fingerprint density at radius 3 is 2.17 bits per heavy atom. The summed E-state index contributed by atoms with van der Waals surface area (Å²) in [6.07, 6.45) is 2.08. The third-order valence-electron chi connectivity index (χ3n) is 6.82. The van der Waals surface area contributed by atoms with Crippen LogP contribution in [-0.4, -0.2) is 56.6 Å². The lowest BCUT2D eigenvalue weighted by Gasteiger charge is -2.34. The molecule has 2 amide bonds. The van der Waals surface area contributed by atoms with Crippen LogP contribution in [0.3, 0.4) is 0 Å². The highest BCUT2D eigenvalue weighted by Gasteiger charge is 2.33. The van der Waals surface area contributed by atoms with Crippen LogP contribution in [0.1, 0.15) is 43.9 Å². The number of hydrogen-bond donors (Lipinski definition) is 1. The molecule has 0 saturated heterocycles. The van der Waals surface area contributed by atoms with Gasteiger partial charge >= 0.3 is 0 Å². The lowest BCUT2D eigenvalue weighted by Crippen LogP contribution is -2.54. The third-order valence-corrected chi connectivity index (χ3v) is 7.96. The van der Waals surface area contributed by atoms with Crippen LogP contribution in [0.25, 0.3) is 0 Å². The van der Waals surface area contributed by atoms with Crippen molar-refractivity contribution in [1.29, 1.82) is 0 Å². The Morgan fingerprint density at radius 1 is 0.927 bits per heavy atom. The molecule has 0 saturated carbocycles. The number of nitrogens with one attached hydrogen (secondary N) is 1. The molecule has 9 heteroatoms. The van der Waals surface area contributed by atoms with Crippen molar-refractivity contribution in [3.8, 4) is 5.75 Å². The summed E-state index contributed by atoms with van der Waals surface area (Å²) in [6.45, 7) is 7.89. The maximum Gasteiger partial charge on any atom is 0.244 e. The zero-order chi connectivity index (χ0) is 30.0. The Bertz CT molecular complexity index is 1390. The second-order valence-electron chi connectivity index (χ2n) is 10.2. The van der Waals surface area contributed by atoms with E-state index in [1.165, 1.54) is 4.90 Å². The molecule has 1 N–H and O–H groups in total. The van der Waals surface area contributed by atoms with Gasteiger partial charge in [0.15, 0.2) is 0 Å².